The van der Waals surface area contributed by atoms with E-state index in [1.165, 1.54) is 18.3 Å². The number of nitrogens with zero attached hydrogens (tertiary/aromatic N) is 2. The zero-order valence-electron chi connectivity index (χ0n) is 11.0. The maximum absolute atomic E-state index is 12.6. The van der Waals surface area contributed by atoms with Gasteiger partial charge >= 0.3 is 6.18 Å². The second-order valence-corrected chi connectivity index (χ2v) is 4.53. The third-order valence-electron chi connectivity index (χ3n) is 3.02. The van der Waals surface area contributed by atoms with Gasteiger partial charge in [0.25, 0.3) is 5.91 Å². The molecule has 0 saturated heterocycles. The largest absolute Gasteiger partial charge is 0.431 e. The minimum atomic E-state index is -4.46. The summed E-state index contributed by atoms with van der Waals surface area (Å²) < 4.78 is 37.7. The van der Waals surface area contributed by atoms with E-state index in [0.717, 1.165) is 6.07 Å². The topological polar surface area (TPSA) is 70.1 Å². The maximum Gasteiger partial charge on any atom is 0.431 e. The van der Waals surface area contributed by atoms with Gasteiger partial charge in [0, 0.05) is 23.7 Å². The van der Waals surface area contributed by atoms with E-state index in [9.17, 15) is 18.0 Å². The van der Waals surface area contributed by atoms with Crippen LogP contribution in [0.25, 0.3) is 6.08 Å². The molecule has 0 aromatic carbocycles. The number of hydrogen-bond donors (Lipinski definition) is 2. The number of halogens is 3. The van der Waals surface area contributed by atoms with Gasteiger partial charge in [-0.05, 0) is 30.3 Å². The first-order valence-electron chi connectivity index (χ1n) is 6.22. The molecule has 0 unspecified atom stereocenters. The van der Waals surface area contributed by atoms with Crippen molar-refractivity contribution in [2.45, 2.75) is 6.18 Å². The van der Waals surface area contributed by atoms with Crippen LogP contribution >= 0.6 is 0 Å². The highest BCUT2D eigenvalue weighted by Gasteiger charge is 2.32. The van der Waals surface area contributed by atoms with Gasteiger partial charge in [-0.15, -0.1) is 0 Å². The van der Waals surface area contributed by atoms with Crippen LogP contribution in [0.15, 0.2) is 47.3 Å². The Hall–Kier alpha value is -2.90. The van der Waals surface area contributed by atoms with Crippen LogP contribution in [-0.2, 0) is 11.0 Å². The molecule has 0 bridgehead atoms. The first kappa shape index (κ1) is 14.1. The van der Waals surface area contributed by atoms with E-state index in [2.05, 4.69) is 20.5 Å². The molecule has 22 heavy (non-hydrogen) atoms. The molecule has 3 heterocycles. The standard InChI is InChI=1S/C14H9F3N4O/c15-14(16,17)11-4-3-9(19-11)6-10-12(20-21-13(10)22)8-2-1-5-18-7-8/h1-7,19H,(H,21,22). The van der Waals surface area contributed by atoms with Crippen molar-refractivity contribution >= 4 is 17.7 Å². The number of carbonyl (C=O) groups excluding carboxylic acids is 1. The summed E-state index contributed by atoms with van der Waals surface area (Å²) >= 11 is 0. The zero-order chi connectivity index (χ0) is 15.7. The number of aromatic nitrogens is 2. The predicted octanol–water partition coefficient (Wildman–Crippen LogP) is 2.35. The fraction of sp³-hybridized carbons (Fsp3) is 0.0714. The van der Waals surface area contributed by atoms with Crippen molar-refractivity contribution in [3.63, 3.8) is 0 Å². The van der Waals surface area contributed by atoms with E-state index >= 15 is 0 Å². The summed E-state index contributed by atoms with van der Waals surface area (Å²) in [6.07, 6.45) is -0.0561. The monoisotopic (exact) mass is 306 g/mol. The van der Waals surface area contributed by atoms with E-state index in [1.54, 1.807) is 18.3 Å². The van der Waals surface area contributed by atoms with E-state index < -0.39 is 17.8 Å². The Balaban J connectivity index is 1.97. The summed E-state index contributed by atoms with van der Waals surface area (Å²) in [6.45, 7) is 0. The Kier molecular flexibility index (Phi) is 3.28. The lowest BCUT2D eigenvalue weighted by atomic mass is 10.0. The van der Waals surface area contributed by atoms with Crippen LogP contribution in [0.4, 0.5) is 13.2 Å². The fourth-order valence-electron chi connectivity index (χ4n) is 2.01. The second-order valence-electron chi connectivity index (χ2n) is 4.53. The Morgan fingerprint density at radius 1 is 1.18 bits per heavy atom. The number of alkyl halides is 3. The van der Waals surface area contributed by atoms with Crippen LogP contribution < -0.4 is 5.43 Å². The lowest BCUT2D eigenvalue weighted by molar-refractivity contribution is -0.140. The molecule has 2 aromatic heterocycles. The Labute approximate surface area is 122 Å². The van der Waals surface area contributed by atoms with Crippen molar-refractivity contribution < 1.29 is 18.0 Å². The lowest BCUT2D eigenvalue weighted by Gasteiger charge is -2.02. The molecule has 1 aliphatic heterocycles. The summed E-state index contributed by atoms with van der Waals surface area (Å²) in [7, 11) is 0. The van der Waals surface area contributed by atoms with E-state index in [1.807, 2.05) is 0 Å². The number of H-pyrrole nitrogens is 1. The van der Waals surface area contributed by atoms with E-state index in [-0.39, 0.29) is 11.3 Å². The molecule has 1 amide bonds. The van der Waals surface area contributed by atoms with E-state index in [4.69, 9.17) is 0 Å². The Morgan fingerprint density at radius 2 is 2.00 bits per heavy atom. The highest BCUT2D eigenvalue weighted by atomic mass is 19.4. The van der Waals surface area contributed by atoms with Crippen LogP contribution in [0.5, 0.6) is 0 Å². The quantitative estimate of drug-likeness (QED) is 0.836. The van der Waals surface area contributed by atoms with Crippen LogP contribution in [0.1, 0.15) is 17.0 Å². The molecule has 8 heteroatoms. The molecule has 0 spiro atoms. The molecular weight excluding hydrogens is 297 g/mol. The average molecular weight is 306 g/mol. The molecule has 0 aliphatic carbocycles. The predicted molar refractivity (Wildman–Crippen MR) is 72.7 cm³/mol. The van der Waals surface area contributed by atoms with Crippen molar-refractivity contribution in [1.29, 1.82) is 0 Å². The third kappa shape index (κ3) is 2.62. The number of rotatable bonds is 2. The summed E-state index contributed by atoms with van der Waals surface area (Å²) in [6, 6.07) is 5.55. The van der Waals surface area contributed by atoms with Crippen LogP contribution in [0, 0.1) is 0 Å². The fourth-order valence-corrected chi connectivity index (χ4v) is 2.01. The molecule has 0 fully saturated rings. The Bertz CT molecular complexity index is 775. The van der Waals surface area contributed by atoms with Crippen LogP contribution in [0.3, 0.4) is 0 Å². The van der Waals surface area contributed by atoms with Gasteiger partial charge in [0.1, 0.15) is 11.4 Å². The molecule has 2 aromatic rings. The van der Waals surface area contributed by atoms with Gasteiger partial charge < -0.3 is 4.98 Å². The van der Waals surface area contributed by atoms with Gasteiger partial charge in [-0.1, -0.05) is 0 Å². The van der Waals surface area contributed by atoms with Crippen molar-refractivity contribution in [2.75, 3.05) is 0 Å². The molecule has 0 radical (unpaired) electrons. The second kappa shape index (κ2) is 5.14. The van der Waals surface area contributed by atoms with Gasteiger partial charge in [-0.25, -0.2) is 5.43 Å². The van der Waals surface area contributed by atoms with Gasteiger partial charge in [0.15, 0.2) is 0 Å². The minimum absolute atomic E-state index is 0.163. The first-order valence-corrected chi connectivity index (χ1v) is 6.22. The number of hydrogen-bond acceptors (Lipinski definition) is 3. The first-order chi connectivity index (χ1) is 10.4. The Morgan fingerprint density at radius 3 is 2.64 bits per heavy atom. The third-order valence-corrected chi connectivity index (χ3v) is 3.02. The normalized spacial score (nSPS) is 16.8. The summed E-state index contributed by atoms with van der Waals surface area (Å²) in [5.74, 6) is -0.484. The van der Waals surface area contributed by atoms with Gasteiger partial charge in [0.05, 0.1) is 5.57 Å². The zero-order valence-corrected chi connectivity index (χ0v) is 11.0. The molecule has 1 aliphatic rings. The van der Waals surface area contributed by atoms with Crippen molar-refractivity contribution in [2.24, 2.45) is 5.10 Å². The number of hydrazone groups is 1. The molecule has 0 atom stereocenters. The highest BCUT2D eigenvalue weighted by molar-refractivity contribution is 6.33. The lowest BCUT2D eigenvalue weighted by Crippen LogP contribution is -2.13. The summed E-state index contributed by atoms with van der Waals surface area (Å²) in [5, 5.41) is 3.89. The molecule has 0 saturated carbocycles. The summed E-state index contributed by atoms with van der Waals surface area (Å²) in [5.41, 5.74) is 2.67. The minimum Gasteiger partial charge on any atom is -0.351 e. The summed E-state index contributed by atoms with van der Waals surface area (Å²) in [4.78, 5) is 18.0. The molecular formula is C14H9F3N4O. The average Bonchev–Trinajstić information content (AvgIpc) is 3.08. The molecule has 2 N–H and O–H groups in total. The number of aromatic amines is 1. The van der Waals surface area contributed by atoms with Crippen molar-refractivity contribution in [3.8, 4) is 0 Å². The maximum atomic E-state index is 12.6. The van der Waals surface area contributed by atoms with Crippen molar-refractivity contribution in [3.05, 3.63) is 59.2 Å². The SMILES string of the molecule is O=C1NN=C(c2cccnc2)C1=Cc1ccc(C(F)(F)F)[nH]1. The number of amides is 1. The van der Waals surface area contributed by atoms with E-state index in [0.29, 0.717) is 11.3 Å². The van der Waals surface area contributed by atoms with Crippen molar-refractivity contribution in [1.82, 2.24) is 15.4 Å². The molecule has 3 rings (SSSR count). The van der Waals surface area contributed by atoms with Crippen LogP contribution in [-0.4, -0.2) is 21.6 Å². The van der Waals surface area contributed by atoms with Crippen LogP contribution in [0.2, 0.25) is 0 Å². The van der Waals surface area contributed by atoms with Gasteiger partial charge in [-0.3, -0.25) is 9.78 Å². The molecule has 5 nitrogen and oxygen atoms in total. The smallest absolute Gasteiger partial charge is 0.351 e. The van der Waals surface area contributed by atoms with Gasteiger partial charge in [-0.2, -0.15) is 18.3 Å². The van der Waals surface area contributed by atoms with Gasteiger partial charge in [0.2, 0.25) is 0 Å². The molecule has 112 valence electrons. The number of nitrogens with one attached hydrogen (secondary N) is 2. The number of pyridine rings is 1. The number of carbonyl (C=O) groups is 1. The highest BCUT2D eigenvalue weighted by Crippen LogP contribution is 2.29.